The molecular formula is C6H7F3O3. The lowest BCUT2D eigenvalue weighted by atomic mass is 10.4. The maximum Gasteiger partial charge on any atom is 0.461 e. The quantitative estimate of drug-likeness (QED) is 0.486. The summed E-state index contributed by atoms with van der Waals surface area (Å²) in [6.45, 7) is 1.42. The Kier molecular flexibility index (Phi) is 3.72. The van der Waals surface area contributed by atoms with Crippen molar-refractivity contribution < 1.29 is 27.5 Å². The van der Waals surface area contributed by atoms with Gasteiger partial charge < -0.3 is 4.74 Å². The fraction of sp³-hybridized carbons (Fsp3) is 0.667. The third-order valence-electron chi connectivity index (χ3n) is 0.880. The maximum absolute atomic E-state index is 11.5. The molecule has 3 nitrogen and oxygen atoms in total. The third-order valence-corrected chi connectivity index (χ3v) is 0.880. The number of esters is 1. The number of ketones is 1. The molecule has 0 heterocycles. The van der Waals surface area contributed by atoms with E-state index in [-0.39, 0.29) is 6.61 Å². The Morgan fingerprint density at radius 2 is 1.83 bits per heavy atom. The van der Waals surface area contributed by atoms with E-state index >= 15 is 0 Å². The van der Waals surface area contributed by atoms with Crippen LogP contribution in [0, 0.1) is 0 Å². The molecule has 0 saturated carbocycles. The fourth-order valence-corrected chi connectivity index (χ4v) is 0.376. The van der Waals surface area contributed by atoms with Gasteiger partial charge >= 0.3 is 17.9 Å². The van der Waals surface area contributed by atoms with Crippen LogP contribution < -0.4 is 0 Å². The minimum absolute atomic E-state index is 0.180. The Morgan fingerprint density at radius 1 is 1.33 bits per heavy atom. The normalized spacial score (nSPS) is 11.0. The Hall–Kier alpha value is -1.07. The van der Waals surface area contributed by atoms with E-state index < -0.39 is 17.9 Å². The summed E-state index contributed by atoms with van der Waals surface area (Å²) in [4.78, 5) is 20.3. The molecule has 0 bridgehead atoms. The molecule has 0 aromatic heterocycles. The number of carbonyl (C=O) groups is 2. The minimum Gasteiger partial charge on any atom is -0.460 e. The highest BCUT2D eigenvalue weighted by atomic mass is 19.4. The molecule has 0 atom stereocenters. The smallest absolute Gasteiger partial charge is 0.460 e. The number of ether oxygens (including phenoxy) is 1. The Labute approximate surface area is 66.5 Å². The molecule has 0 aliphatic rings. The maximum atomic E-state index is 11.5. The molecule has 0 amide bonds. The van der Waals surface area contributed by atoms with E-state index in [0.29, 0.717) is 6.42 Å². The number of alkyl halides is 3. The Balaban J connectivity index is 4.04. The van der Waals surface area contributed by atoms with Crippen molar-refractivity contribution in [3.63, 3.8) is 0 Å². The van der Waals surface area contributed by atoms with Gasteiger partial charge in [-0.2, -0.15) is 13.2 Å². The molecule has 0 aromatic rings. The van der Waals surface area contributed by atoms with Crippen LogP contribution in [0.1, 0.15) is 13.3 Å². The second-order valence-electron chi connectivity index (χ2n) is 1.96. The molecule has 0 spiro atoms. The summed E-state index contributed by atoms with van der Waals surface area (Å²) in [7, 11) is 0. The first-order chi connectivity index (χ1) is 5.39. The Morgan fingerprint density at radius 3 is 2.17 bits per heavy atom. The van der Waals surface area contributed by atoms with Gasteiger partial charge in [-0.15, -0.1) is 0 Å². The average molecular weight is 184 g/mol. The van der Waals surface area contributed by atoms with E-state index in [1.165, 1.54) is 0 Å². The van der Waals surface area contributed by atoms with E-state index in [1.54, 1.807) is 6.92 Å². The number of carbonyl (C=O) groups excluding carboxylic acids is 2. The highest BCUT2D eigenvalue weighted by molar-refractivity contribution is 6.35. The van der Waals surface area contributed by atoms with Crippen molar-refractivity contribution >= 4 is 11.8 Å². The van der Waals surface area contributed by atoms with Crippen molar-refractivity contribution in [2.75, 3.05) is 6.61 Å². The monoisotopic (exact) mass is 184 g/mol. The van der Waals surface area contributed by atoms with E-state index in [4.69, 9.17) is 0 Å². The van der Waals surface area contributed by atoms with Crippen LogP contribution in [0.15, 0.2) is 0 Å². The molecule has 0 aliphatic carbocycles. The van der Waals surface area contributed by atoms with Crippen LogP contribution in [0.25, 0.3) is 0 Å². The second-order valence-corrected chi connectivity index (χ2v) is 1.96. The van der Waals surface area contributed by atoms with Crippen molar-refractivity contribution in [1.29, 1.82) is 0 Å². The van der Waals surface area contributed by atoms with E-state index in [9.17, 15) is 22.8 Å². The summed E-state index contributed by atoms with van der Waals surface area (Å²) in [6.07, 6.45) is -4.76. The lowest BCUT2D eigenvalue weighted by Gasteiger charge is -2.03. The molecule has 0 saturated heterocycles. The number of hydrogen-bond acceptors (Lipinski definition) is 3. The zero-order chi connectivity index (χ0) is 9.78. The van der Waals surface area contributed by atoms with Gasteiger partial charge in [0.2, 0.25) is 0 Å². The molecule has 0 radical (unpaired) electrons. The summed E-state index contributed by atoms with van der Waals surface area (Å²) in [5.74, 6) is -4.31. The van der Waals surface area contributed by atoms with Crippen LogP contribution in [-0.4, -0.2) is 24.5 Å². The molecule has 6 heteroatoms. The molecule has 0 unspecified atom stereocenters. The molecule has 70 valence electrons. The number of halogens is 3. The van der Waals surface area contributed by atoms with Gasteiger partial charge in [0.15, 0.2) is 0 Å². The summed E-state index contributed by atoms with van der Waals surface area (Å²) in [6, 6.07) is 0. The summed E-state index contributed by atoms with van der Waals surface area (Å²) < 4.78 is 38.4. The summed E-state index contributed by atoms with van der Waals surface area (Å²) >= 11 is 0. The van der Waals surface area contributed by atoms with Gasteiger partial charge in [-0.25, -0.2) is 4.79 Å². The van der Waals surface area contributed by atoms with Gasteiger partial charge in [-0.1, -0.05) is 6.92 Å². The predicted octanol–water partition coefficient (Wildman–Crippen LogP) is 1.07. The van der Waals surface area contributed by atoms with Crippen molar-refractivity contribution in [3.8, 4) is 0 Å². The molecular weight excluding hydrogens is 177 g/mol. The molecule has 12 heavy (non-hydrogen) atoms. The van der Waals surface area contributed by atoms with Crippen LogP contribution >= 0.6 is 0 Å². The molecule has 0 aromatic carbocycles. The van der Waals surface area contributed by atoms with Crippen LogP contribution in [0.3, 0.4) is 0 Å². The number of hydrogen-bond donors (Lipinski definition) is 0. The Bertz CT molecular complexity index is 185. The summed E-state index contributed by atoms with van der Waals surface area (Å²) in [5.41, 5.74) is 0. The first-order valence-electron chi connectivity index (χ1n) is 3.18. The minimum atomic E-state index is -5.13. The van der Waals surface area contributed by atoms with Gasteiger partial charge in [0.25, 0.3) is 0 Å². The van der Waals surface area contributed by atoms with Gasteiger partial charge in [-0.05, 0) is 6.42 Å². The molecule has 0 N–H and O–H groups in total. The standard InChI is InChI=1S/C6H7F3O3/c1-2-3-12-5(11)4(10)6(7,8)9/h2-3H2,1H3. The van der Waals surface area contributed by atoms with Gasteiger partial charge in [0.05, 0.1) is 6.61 Å². The van der Waals surface area contributed by atoms with Crippen LogP contribution in [0.2, 0.25) is 0 Å². The van der Waals surface area contributed by atoms with E-state index in [0.717, 1.165) is 0 Å². The van der Waals surface area contributed by atoms with Gasteiger partial charge in [0, 0.05) is 0 Å². The van der Waals surface area contributed by atoms with Crippen molar-refractivity contribution in [1.82, 2.24) is 0 Å². The van der Waals surface area contributed by atoms with E-state index in [2.05, 4.69) is 4.74 Å². The second kappa shape index (κ2) is 4.08. The van der Waals surface area contributed by atoms with Crippen molar-refractivity contribution in [2.24, 2.45) is 0 Å². The van der Waals surface area contributed by atoms with Gasteiger partial charge in [-0.3, -0.25) is 4.79 Å². The zero-order valence-corrected chi connectivity index (χ0v) is 6.27. The van der Waals surface area contributed by atoms with Crippen LogP contribution in [-0.2, 0) is 14.3 Å². The largest absolute Gasteiger partial charge is 0.461 e. The third kappa shape index (κ3) is 3.36. The van der Waals surface area contributed by atoms with Crippen LogP contribution in [0.4, 0.5) is 13.2 Å². The van der Waals surface area contributed by atoms with Crippen LogP contribution in [0.5, 0.6) is 0 Å². The first kappa shape index (κ1) is 10.9. The zero-order valence-electron chi connectivity index (χ0n) is 6.27. The number of Topliss-reactive ketones (excluding diaryl/α,β-unsaturated/α-hetero) is 1. The highest BCUT2D eigenvalue weighted by Gasteiger charge is 2.44. The average Bonchev–Trinajstić information content (AvgIpc) is 1.97. The fourth-order valence-electron chi connectivity index (χ4n) is 0.376. The number of rotatable bonds is 3. The predicted molar refractivity (Wildman–Crippen MR) is 32.3 cm³/mol. The lowest BCUT2D eigenvalue weighted by molar-refractivity contribution is -0.183. The first-order valence-corrected chi connectivity index (χ1v) is 3.18. The lowest BCUT2D eigenvalue weighted by Crippen LogP contribution is -2.32. The topological polar surface area (TPSA) is 43.4 Å². The SMILES string of the molecule is CCCOC(=O)C(=O)C(F)(F)F. The molecule has 0 rings (SSSR count). The van der Waals surface area contributed by atoms with Gasteiger partial charge in [0.1, 0.15) is 0 Å². The van der Waals surface area contributed by atoms with E-state index in [1.807, 2.05) is 0 Å². The highest BCUT2D eigenvalue weighted by Crippen LogP contribution is 2.16. The van der Waals surface area contributed by atoms with Crippen molar-refractivity contribution in [2.45, 2.75) is 19.5 Å². The van der Waals surface area contributed by atoms with Crippen molar-refractivity contribution in [3.05, 3.63) is 0 Å². The molecule has 0 fully saturated rings. The molecule has 0 aliphatic heterocycles. The summed E-state index contributed by atoms with van der Waals surface area (Å²) in [5, 5.41) is 0.